The van der Waals surface area contributed by atoms with E-state index in [0.29, 0.717) is 22.9 Å². The van der Waals surface area contributed by atoms with Crippen LogP contribution in [0.3, 0.4) is 0 Å². The van der Waals surface area contributed by atoms with Crippen LogP contribution in [0.1, 0.15) is 32.1 Å². The summed E-state index contributed by atoms with van der Waals surface area (Å²) in [5.41, 5.74) is 0.658. The maximum atomic E-state index is 12.3. The highest BCUT2D eigenvalue weighted by Gasteiger charge is 2.21. The zero-order valence-corrected chi connectivity index (χ0v) is 17.6. The number of amides is 1. The molecule has 0 saturated carbocycles. The lowest BCUT2D eigenvalue weighted by Crippen LogP contribution is -2.30. The van der Waals surface area contributed by atoms with Crippen LogP contribution in [0.4, 0.5) is 11.5 Å². The van der Waals surface area contributed by atoms with Gasteiger partial charge in [-0.05, 0) is 49.3 Å². The second-order valence-corrected chi connectivity index (χ2v) is 10.1. The third-order valence-corrected chi connectivity index (χ3v) is 7.98. The van der Waals surface area contributed by atoms with Crippen LogP contribution in [0.5, 0.6) is 0 Å². The van der Waals surface area contributed by atoms with Crippen LogP contribution < -0.4 is 10.2 Å². The van der Waals surface area contributed by atoms with Gasteiger partial charge in [0, 0.05) is 33.1 Å². The van der Waals surface area contributed by atoms with E-state index in [1.54, 1.807) is 23.7 Å². The first kappa shape index (κ1) is 20.8. The van der Waals surface area contributed by atoms with Gasteiger partial charge in [-0.25, -0.2) is 17.7 Å². The van der Waals surface area contributed by atoms with Crippen molar-refractivity contribution in [2.24, 2.45) is 0 Å². The van der Waals surface area contributed by atoms with Gasteiger partial charge in [0.1, 0.15) is 10.0 Å². The third-order valence-electron chi connectivity index (χ3n) is 4.75. The number of nitrogens with zero attached hydrogens (tertiary/aromatic N) is 3. The zero-order chi connectivity index (χ0) is 20.0. The lowest BCUT2D eigenvalue weighted by atomic mass is 10.1. The highest BCUT2D eigenvalue weighted by atomic mass is 32.2. The van der Waals surface area contributed by atoms with Gasteiger partial charge in [0.25, 0.3) is 10.0 Å². The van der Waals surface area contributed by atoms with E-state index in [9.17, 15) is 13.2 Å². The molecule has 1 N–H and O–H groups in total. The second-order valence-electron chi connectivity index (χ2n) is 6.86. The molecule has 7 nitrogen and oxygen atoms in total. The molecule has 0 unspecified atom stereocenters. The van der Waals surface area contributed by atoms with E-state index in [-0.39, 0.29) is 12.3 Å². The van der Waals surface area contributed by atoms with Crippen LogP contribution in [-0.2, 0) is 14.8 Å². The number of pyridine rings is 1. The molecular formula is C19H26N4O3S2. The lowest BCUT2D eigenvalue weighted by Gasteiger charge is -2.27. The number of anilines is 2. The minimum Gasteiger partial charge on any atom is -0.357 e. The maximum absolute atomic E-state index is 12.3. The zero-order valence-electron chi connectivity index (χ0n) is 16.0. The Labute approximate surface area is 170 Å². The van der Waals surface area contributed by atoms with Gasteiger partial charge in [-0.2, -0.15) is 0 Å². The summed E-state index contributed by atoms with van der Waals surface area (Å²) in [6.45, 7) is 2.35. The van der Waals surface area contributed by atoms with Gasteiger partial charge < -0.3 is 10.2 Å². The van der Waals surface area contributed by atoms with Crippen molar-refractivity contribution in [2.45, 2.75) is 36.3 Å². The number of rotatable bonds is 8. The number of nitrogens with one attached hydrogen (secondary N) is 1. The summed E-state index contributed by atoms with van der Waals surface area (Å²) < 4.78 is 26.3. The van der Waals surface area contributed by atoms with Crippen molar-refractivity contribution in [1.29, 1.82) is 0 Å². The van der Waals surface area contributed by atoms with Gasteiger partial charge >= 0.3 is 0 Å². The first-order valence-corrected chi connectivity index (χ1v) is 11.8. The largest absolute Gasteiger partial charge is 0.357 e. The fourth-order valence-electron chi connectivity index (χ4n) is 3.14. The topological polar surface area (TPSA) is 82.6 Å². The molecule has 1 saturated heterocycles. The van der Waals surface area contributed by atoms with Crippen molar-refractivity contribution in [3.63, 3.8) is 0 Å². The summed E-state index contributed by atoms with van der Waals surface area (Å²) in [4.78, 5) is 18.9. The van der Waals surface area contributed by atoms with E-state index in [1.807, 2.05) is 12.1 Å². The SMILES string of the molecule is CN(CCCC(=O)Nc1ccc(N2CCCCC2)nc1)S(=O)(=O)c1cccs1. The first-order chi connectivity index (χ1) is 13.5. The van der Waals surface area contributed by atoms with Crippen molar-refractivity contribution in [1.82, 2.24) is 9.29 Å². The Kier molecular flexibility index (Phi) is 7.03. The summed E-state index contributed by atoms with van der Waals surface area (Å²) in [5.74, 6) is 0.799. The molecule has 0 bridgehead atoms. The van der Waals surface area contributed by atoms with Crippen molar-refractivity contribution < 1.29 is 13.2 Å². The summed E-state index contributed by atoms with van der Waals surface area (Å²) in [5, 5.41) is 4.56. The molecule has 1 aliphatic heterocycles. The van der Waals surface area contributed by atoms with Crippen molar-refractivity contribution >= 4 is 38.8 Å². The molecule has 0 atom stereocenters. The molecule has 0 aromatic carbocycles. The molecule has 2 aromatic heterocycles. The molecule has 1 fully saturated rings. The number of sulfonamides is 1. The normalized spacial score (nSPS) is 15.0. The molecular weight excluding hydrogens is 396 g/mol. The summed E-state index contributed by atoms with van der Waals surface area (Å²) in [6.07, 6.45) is 6.03. The van der Waals surface area contributed by atoms with Crippen LogP contribution in [0, 0.1) is 0 Å². The van der Waals surface area contributed by atoms with Gasteiger partial charge in [0.15, 0.2) is 0 Å². The van der Waals surface area contributed by atoms with E-state index >= 15 is 0 Å². The van der Waals surface area contributed by atoms with E-state index in [4.69, 9.17) is 0 Å². The fourth-order valence-corrected chi connectivity index (χ4v) is 5.55. The molecule has 28 heavy (non-hydrogen) atoms. The molecule has 3 rings (SSSR count). The molecule has 0 spiro atoms. The molecule has 152 valence electrons. The van der Waals surface area contributed by atoms with Gasteiger partial charge in [-0.3, -0.25) is 4.79 Å². The molecule has 0 radical (unpaired) electrons. The van der Waals surface area contributed by atoms with Crippen LogP contribution in [0.2, 0.25) is 0 Å². The number of hydrogen-bond donors (Lipinski definition) is 1. The molecule has 9 heteroatoms. The van der Waals surface area contributed by atoms with Crippen molar-refractivity contribution in [2.75, 3.05) is 36.9 Å². The Balaban J connectivity index is 1.44. The van der Waals surface area contributed by atoms with Gasteiger partial charge in [0.2, 0.25) is 5.91 Å². The van der Waals surface area contributed by atoms with Gasteiger partial charge in [-0.1, -0.05) is 6.07 Å². The Morgan fingerprint density at radius 3 is 2.68 bits per heavy atom. The summed E-state index contributed by atoms with van der Waals surface area (Å²) in [6, 6.07) is 7.09. The minimum atomic E-state index is -3.46. The number of thiophene rings is 1. The smallest absolute Gasteiger partial charge is 0.252 e. The van der Waals surface area contributed by atoms with Crippen molar-refractivity contribution in [3.8, 4) is 0 Å². The molecule has 1 amide bonds. The number of carbonyl (C=O) groups is 1. The van der Waals surface area contributed by atoms with Crippen LogP contribution in [0.25, 0.3) is 0 Å². The lowest BCUT2D eigenvalue weighted by molar-refractivity contribution is -0.116. The molecule has 1 aliphatic rings. The van der Waals surface area contributed by atoms with E-state index < -0.39 is 10.0 Å². The Hall–Kier alpha value is -1.97. The van der Waals surface area contributed by atoms with Gasteiger partial charge in [0.05, 0.1) is 11.9 Å². The standard InChI is InChI=1S/C19H26N4O3S2/c1-22(28(25,26)19-8-6-14-27-19)11-5-7-18(24)21-16-9-10-17(20-15-16)23-12-3-2-4-13-23/h6,8-10,14-15H,2-5,7,11-13H2,1H3,(H,21,24). The predicted molar refractivity (Wildman–Crippen MR) is 112 cm³/mol. The van der Waals surface area contributed by atoms with E-state index in [2.05, 4.69) is 15.2 Å². The Morgan fingerprint density at radius 1 is 1.25 bits per heavy atom. The maximum Gasteiger partial charge on any atom is 0.252 e. The average Bonchev–Trinajstić information content (AvgIpc) is 3.25. The Morgan fingerprint density at radius 2 is 2.04 bits per heavy atom. The predicted octanol–water partition coefficient (Wildman–Crippen LogP) is 3.17. The third kappa shape index (κ3) is 5.30. The quantitative estimate of drug-likeness (QED) is 0.707. The summed E-state index contributed by atoms with van der Waals surface area (Å²) in [7, 11) is -1.92. The number of piperidine rings is 1. The average molecular weight is 423 g/mol. The number of aromatic nitrogens is 1. The minimum absolute atomic E-state index is 0.144. The van der Waals surface area contributed by atoms with Gasteiger partial charge in [-0.15, -0.1) is 11.3 Å². The van der Waals surface area contributed by atoms with Crippen LogP contribution in [0.15, 0.2) is 40.1 Å². The highest BCUT2D eigenvalue weighted by Crippen LogP contribution is 2.21. The van der Waals surface area contributed by atoms with Crippen LogP contribution >= 0.6 is 11.3 Å². The van der Waals surface area contributed by atoms with Crippen LogP contribution in [-0.4, -0.2) is 50.3 Å². The molecule has 3 heterocycles. The Bertz CT molecular complexity index is 861. The first-order valence-electron chi connectivity index (χ1n) is 9.47. The highest BCUT2D eigenvalue weighted by molar-refractivity contribution is 7.91. The second kappa shape index (κ2) is 9.49. The van der Waals surface area contributed by atoms with E-state index in [1.165, 1.54) is 42.0 Å². The monoisotopic (exact) mass is 422 g/mol. The summed E-state index contributed by atoms with van der Waals surface area (Å²) >= 11 is 1.19. The molecule has 0 aliphatic carbocycles. The molecule has 2 aromatic rings. The fraction of sp³-hybridized carbons (Fsp3) is 0.474. The van der Waals surface area contributed by atoms with E-state index in [0.717, 1.165) is 18.9 Å². The number of hydrogen-bond acceptors (Lipinski definition) is 6. The van der Waals surface area contributed by atoms with Crippen molar-refractivity contribution in [3.05, 3.63) is 35.8 Å². The number of carbonyl (C=O) groups excluding carboxylic acids is 1.